The largest absolute Gasteiger partial charge is 0.417 e. The van der Waals surface area contributed by atoms with Crippen LogP contribution in [-0.2, 0) is 20.6 Å². The average molecular weight is 439 g/mol. The third-order valence-electron chi connectivity index (χ3n) is 5.00. The van der Waals surface area contributed by atoms with Gasteiger partial charge in [-0.3, -0.25) is 14.4 Å². The predicted molar refractivity (Wildman–Crippen MR) is 105 cm³/mol. The van der Waals surface area contributed by atoms with Gasteiger partial charge in [-0.1, -0.05) is 35.9 Å². The van der Waals surface area contributed by atoms with Crippen LogP contribution in [0.15, 0.2) is 42.5 Å². The standard InChI is InChI=1S/C21H18ClF3N2O3/c1-11(26-19(29)14-10-27(2)20(30)18(14)28)12-5-3-6-13(9-12)17-15(21(23,24)25)7-4-8-16(17)22/h3-9,11,14H,10H2,1-2H3,(H,26,29)/t11-,14?/m1/s1. The van der Waals surface area contributed by atoms with Gasteiger partial charge in [-0.05, 0) is 36.2 Å². The number of carbonyl (C=O) groups excluding carboxylic acids is 3. The Kier molecular flexibility index (Phi) is 5.90. The lowest BCUT2D eigenvalue weighted by atomic mass is 9.95. The number of hydrogen-bond donors (Lipinski definition) is 1. The van der Waals surface area contributed by atoms with Crippen LogP contribution in [-0.4, -0.2) is 36.1 Å². The van der Waals surface area contributed by atoms with Gasteiger partial charge in [0, 0.05) is 24.2 Å². The highest BCUT2D eigenvalue weighted by atomic mass is 35.5. The van der Waals surface area contributed by atoms with Crippen molar-refractivity contribution in [3.63, 3.8) is 0 Å². The molecule has 2 amide bonds. The minimum Gasteiger partial charge on any atom is -0.349 e. The fourth-order valence-electron chi connectivity index (χ4n) is 3.39. The molecule has 1 unspecified atom stereocenters. The summed E-state index contributed by atoms with van der Waals surface area (Å²) in [6.45, 7) is 1.63. The van der Waals surface area contributed by atoms with Crippen LogP contribution < -0.4 is 5.32 Å². The topological polar surface area (TPSA) is 66.5 Å². The molecule has 0 spiro atoms. The Labute approximate surface area is 175 Å². The van der Waals surface area contributed by atoms with Crippen molar-refractivity contribution in [3.05, 3.63) is 58.6 Å². The highest BCUT2D eigenvalue weighted by molar-refractivity contribution is 6.42. The first-order valence-electron chi connectivity index (χ1n) is 9.06. The lowest BCUT2D eigenvalue weighted by molar-refractivity contribution is -0.142. The Balaban J connectivity index is 1.87. The van der Waals surface area contributed by atoms with E-state index in [1.807, 2.05) is 0 Å². The fourth-order valence-corrected chi connectivity index (χ4v) is 3.68. The van der Waals surface area contributed by atoms with Crippen LogP contribution in [0.25, 0.3) is 11.1 Å². The number of Topliss-reactive ketones (excluding diaryl/α,β-unsaturated/α-hetero) is 1. The number of nitrogens with one attached hydrogen (secondary N) is 1. The quantitative estimate of drug-likeness (QED) is 0.582. The number of likely N-dealkylation sites (tertiary alicyclic amines) is 1. The number of nitrogens with zero attached hydrogens (tertiary/aromatic N) is 1. The van der Waals surface area contributed by atoms with Gasteiger partial charge >= 0.3 is 6.18 Å². The first-order valence-corrected chi connectivity index (χ1v) is 9.44. The van der Waals surface area contributed by atoms with Crippen molar-refractivity contribution >= 4 is 29.2 Å². The number of ketones is 1. The maximum absolute atomic E-state index is 13.4. The van der Waals surface area contributed by atoms with Crippen molar-refractivity contribution in [2.75, 3.05) is 13.6 Å². The molecule has 1 N–H and O–H groups in total. The van der Waals surface area contributed by atoms with Gasteiger partial charge in [0.05, 0.1) is 11.6 Å². The first kappa shape index (κ1) is 21.8. The summed E-state index contributed by atoms with van der Waals surface area (Å²) in [5.41, 5.74) is -0.232. The molecule has 0 aliphatic carbocycles. The third kappa shape index (κ3) is 4.18. The zero-order chi connectivity index (χ0) is 22.2. The molecule has 1 aliphatic heterocycles. The van der Waals surface area contributed by atoms with E-state index in [9.17, 15) is 27.6 Å². The smallest absolute Gasteiger partial charge is 0.349 e. The SMILES string of the molecule is C[C@@H](NC(=O)C1CN(C)C(=O)C1=O)c1cccc(-c2c(Cl)cccc2C(F)(F)F)c1. The van der Waals surface area contributed by atoms with Gasteiger partial charge in [-0.2, -0.15) is 13.2 Å². The number of likely N-dealkylation sites (N-methyl/N-ethyl adjacent to an activating group) is 1. The summed E-state index contributed by atoms with van der Waals surface area (Å²) in [7, 11) is 1.43. The second-order valence-corrected chi connectivity index (χ2v) is 7.53. The van der Waals surface area contributed by atoms with E-state index in [1.54, 1.807) is 19.1 Å². The van der Waals surface area contributed by atoms with Crippen LogP contribution in [0.5, 0.6) is 0 Å². The van der Waals surface area contributed by atoms with Gasteiger partial charge in [0.15, 0.2) is 0 Å². The lowest BCUT2D eigenvalue weighted by Crippen LogP contribution is -2.37. The van der Waals surface area contributed by atoms with Gasteiger partial charge < -0.3 is 10.2 Å². The number of hydrogen-bond acceptors (Lipinski definition) is 3. The maximum Gasteiger partial charge on any atom is 0.417 e. The summed E-state index contributed by atoms with van der Waals surface area (Å²) in [5.74, 6) is -3.21. The van der Waals surface area contributed by atoms with E-state index in [4.69, 9.17) is 11.6 Å². The monoisotopic (exact) mass is 438 g/mol. The van der Waals surface area contributed by atoms with Crippen LogP contribution in [0.1, 0.15) is 24.1 Å². The summed E-state index contributed by atoms with van der Waals surface area (Å²) in [5, 5.41) is 2.61. The predicted octanol–water partition coefficient (Wildman–Crippen LogP) is 3.86. The normalized spacial score (nSPS) is 17.9. The van der Waals surface area contributed by atoms with Crippen LogP contribution in [0.3, 0.4) is 0 Å². The molecule has 158 valence electrons. The molecule has 0 bridgehead atoms. The summed E-state index contributed by atoms with van der Waals surface area (Å²) in [4.78, 5) is 37.1. The van der Waals surface area contributed by atoms with E-state index in [0.29, 0.717) is 5.56 Å². The first-order chi connectivity index (χ1) is 14.0. The van der Waals surface area contributed by atoms with Crippen molar-refractivity contribution in [2.45, 2.75) is 19.1 Å². The minimum absolute atomic E-state index is 0.00910. The van der Waals surface area contributed by atoms with Crippen LogP contribution in [0.4, 0.5) is 13.2 Å². The maximum atomic E-state index is 13.4. The molecule has 1 saturated heterocycles. The molecule has 1 heterocycles. The minimum atomic E-state index is -4.59. The van der Waals surface area contributed by atoms with Gasteiger partial charge in [0.1, 0.15) is 5.92 Å². The Morgan fingerprint density at radius 3 is 2.47 bits per heavy atom. The van der Waals surface area contributed by atoms with Crippen LogP contribution in [0, 0.1) is 5.92 Å². The zero-order valence-corrected chi connectivity index (χ0v) is 16.8. The third-order valence-corrected chi connectivity index (χ3v) is 5.31. The zero-order valence-electron chi connectivity index (χ0n) is 16.1. The second-order valence-electron chi connectivity index (χ2n) is 7.12. The van der Waals surface area contributed by atoms with E-state index in [-0.39, 0.29) is 22.7 Å². The number of halogens is 4. The Bertz CT molecular complexity index is 1020. The lowest BCUT2D eigenvalue weighted by Gasteiger charge is -2.19. The number of rotatable bonds is 4. The van der Waals surface area contributed by atoms with Gasteiger partial charge in [0.2, 0.25) is 11.7 Å². The molecule has 0 radical (unpaired) electrons. The Morgan fingerprint density at radius 2 is 1.87 bits per heavy atom. The van der Waals surface area contributed by atoms with E-state index in [0.717, 1.165) is 6.07 Å². The highest BCUT2D eigenvalue weighted by Gasteiger charge is 2.41. The molecule has 0 aromatic heterocycles. The average Bonchev–Trinajstić information content (AvgIpc) is 2.94. The van der Waals surface area contributed by atoms with Crippen molar-refractivity contribution < 1.29 is 27.6 Å². The molecule has 2 atom stereocenters. The number of amides is 2. The molecule has 30 heavy (non-hydrogen) atoms. The number of alkyl halides is 3. The van der Waals surface area contributed by atoms with Crippen molar-refractivity contribution in [1.82, 2.24) is 10.2 Å². The van der Waals surface area contributed by atoms with Crippen molar-refractivity contribution in [2.24, 2.45) is 5.92 Å². The summed E-state index contributed by atoms with van der Waals surface area (Å²) >= 11 is 6.07. The molecule has 3 rings (SSSR count). The molecule has 5 nitrogen and oxygen atoms in total. The van der Waals surface area contributed by atoms with E-state index in [1.165, 1.54) is 36.2 Å². The van der Waals surface area contributed by atoms with E-state index >= 15 is 0 Å². The van der Waals surface area contributed by atoms with Gasteiger partial charge in [0.25, 0.3) is 5.91 Å². The van der Waals surface area contributed by atoms with E-state index < -0.39 is 41.3 Å². The highest BCUT2D eigenvalue weighted by Crippen LogP contribution is 2.41. The molecule has 2 aromatic carbocycles. The van der Waals surface area contributed by atoms with Crippen LogP contribution >= 0.6 is 11.6 Å². The fraction of sp³-hybridized carbons (Fsp3) is 0.286. The molecule has 1 fully saturated rings. The summed E-state index contributed by atoms with van der Waals surface area (Å²) < 4.78 is 40.3. The number of benzene rings is 2. The second kappa shape index (κ2) is 8.10. The summed E-state index contributed by atoms with van der Waals surface area (Å²) in [6, 6.07) is 9.18. The molecule has 2 aromatic rings. The molecule has 9 heteroatoms. The van der Waals surface area contributed by atoms with Crippen molar-refractivity contribution in [3.8, 4) is 11.1 Å². The van der Waals surface area contributed by atoms with Crippen LogP contribution in [0.2, 0.25) is 5.02 Å². The van der Waals surface area contributed by atoms with Crippen molar-refractivity contribution in [1.29, 1.82) is 0 Å². The molecular weight excluding hydrogens is 421 g/mol. The Hall–Kier alpha value is -2.87. The Morgan fingerprint density at radius 1 is 1.20 bits per heavy atom. The molecular formula is C21H18ClF3N2O3. The molecule has 0 saturated carbocycles. The molecule has 1 aliphatic rings. The number of carbonyl (C=O) groups is 3. The van der Waals surface area contributed by atoms with E-state index in [2.05, 4.69) is 5.32 Å². The van der Waals surface area contributed by atoms with Gasteiger partial charge in [-0.25, -0.2) is 0 Å². The summed E-state index contributed by atoms with van der Waals surface area (Å²) in [6.07, 6.45) is -4.59. The van der Waals surface area contributed by atoms with Gasteiger partial charge in [-0.15, -0.1) is 0 Å².